The van der Waals surface area contributed by atoms with E-state index in [0.717, 1.165) is 50.4 Å². The molecule has 1 aliphatic heterocycles. The second kappa shape index (κ2) is 11.9. The van der Waals surface area contributed by atoms with E-state index in [0.29, 0.717) is 6.54 Å². The molecule has 0 bridgehead atoms. The van der Waals surface area contributed by atoms with Crippen molar-refractivity contribution in [1.82, 2.24) is 15.5 Å². The molecule has 1 aromatic carbocycles. The zero-order valence-corrected chi connectivity index (χ0v) is 17.5. The maximum absolute atomic E-state index is 6.19. The molecule has 5 nitrogen and oxygen atoms in total. The lowest BCUT2D eigenvalue weighted by atomic mass is 10.0. The van der Waals surface area contributed by atoms with E-state index in [1.54, 1.807) is 0 Å². The van der Waals surface area contributed by atoms with Gasteiger partial charge in [-0.15, -0.1) is 24.0 Å². The topological polar surface area (TPSA) is 48.9 Å². The highest BCUT2D eigenvalue weighted by Gasteiger charge is 2.22. The predicted octanol–water partition coefficient (Wildman–Crippen LogP) is 2.91. The minimum atomic E-state index is 0. The van der Waals surface area contributed by atoms with Crippen LogP contribution >= 0.6 is 35.6 Å². The van der Waals surface area contributed by atoms with Crippen LogP contribution in [0.15, 0.2) is 29.3 Å². The third kappa shape index (κ3) is 6.74. The lowest BCUT2D eigenvalue weighted by Crippen LogP contribution is -2.41. The summed E-state index contributed by atoms with van der Waals surface area (Å²) >= 11 is 6.19. The standard InChI is InChI=1S/C17H27ClN4O.HI/c1-3-19-17(20-4-2)21-13-16(22-8-10-23-11-9-22)14-6-5-7-15(18)12-14;/h5-7,12,16H,3-4,8-11,13H2,1-2H3,(H2,19,20,21);1H. The van der Waals surface area contributed by atoms with Crippen LogP contribution in [0.25, 0.3) is 0 Å². The van der Waals surface area contributed by atoms with Gasteiger partial charge >= 0.3 is 0 Å². The number of hydrogen-bond donors (Lipinski definition) is 2. The summed E-state index contributed by atoms with van der Waals surface area (Å²) in [6.07, 6.45) is 0. The molecule has 2 N–H and O–H groups in total. The molecule has 0 radical (unpaired) electrons. The van der Waals surface area contributed by atoms with Crippen LogP contribution in [-0.4, -0.2) is 56.8 Å². The summed E-state index contributed by atoms with van der Waals surface area (Å²) in [5.41, 5.74) is 1.20. The van der Waals surface area contributed by atoms with Crippen LogP contribution in [-0.2, 0) is 4.74 Å². The van der Waals surface area contributed by atoms with Gasteiger partial charge in [-0.25, -0.2) is 0 Å². The molecule has 1 atom stereocenters. The monoisotopic (exact) mass is 466 g/mol. The molecule has 0 amide bonds. The largest absolute Gasteiger partial charge is 0.379 e. The fourth-order valence-electron chi connectivity index (χ4n) is 2.72. The van der Waals surface area contributed by atoms with Crippen molar-refractivity contribution < 1.29 is 4.74 Å². The highest BCUT2D eigenvalue weighted by molar-refractivity contribution is 14.0. The Labute approximate surface area is 167 Å². The molecule has 2 rings (SSSR count). The first-order valence-corrected chi connectivity index (χ1v) is 8.71. The van der Waals surface area contributed by atoms with Crippen LogP contribution in [0.2, 0.25) is 5.02 Å². The van der Waals surface area contributed by atoms with Crippen LogP contribution in [0.1, 0.15) is 25.5 Å². The second-order valence-electron chi connectivity index (χ2n) is 5.47. The molecule has 0 aliphatic carbocycles. The van der Waals surface area contributed by atoms with Crippen molar-refractivity contribution in [1.29, 1.82) is 0 Å². The van der Waals surface area contributed by atoms with Gasteiger partial charge in [-0.2, -0.15) is 0 Å². The summed E-state index contributed by atoms with van der Waals surface area (Å²) in [6, 6.07) is 8.29. The van der Waals surface area contributed by atoms with E-state index >= 15 is 0 Å². The second-order valence-corrected chi connectivity index (χ2v) is 5.91. The minimum absolute atomic E-state index is 0. The number of halogens is 2. The van der Waals surface area contributed by atoms with Crippen molar-refractivity contribution in [3.63, 3.8) is 0 Å². The van der Waals surface area contributed by atoms with Gasteiger partial charge in [0, 0.05) is 31.2 Å². The van der Waals surface area contributed by atoms with Gasteiger partial charge in [0.25, 0.3) is 0 Å². The highest BCUT2D eigenvalue weighted by Crippen LogP contribution is 2.24. The molecule has 0 spiro atoms. The smallest absolute Gasteiger partial charge is 0.191 e. The molecule has 1 heterocycles. The van der Waals surface area contributed by atoms with Crippen LogP contribution < -0.4 is 10.6 Å². The Bertz CT molecular complexity index is 501. The van der Waals surface area contributed by atoms with E-state index in [2.05, 4.69) is 35.4 Å². The van der Waals surface area contributed by atoms with E-state index in [-0.39, 0.29) is 30.0 Å². The highest BCUT2D eigenvalue weighted by atomic mass is 127. The Hall–Kier alpha value is -0.570. The van der Waals surface area contributed by atoms with Gasteiger partial charge in [-0.05, 0) is 31.5 Å². The van der Waals surface area contributed by atoms with Gasteiger partial charge in [0.05, 0.1) is 25.8 Å². The summed E-state index contributed by atoms with van der Waals surface area (Å²) in [5, 5.41) is 7.32. The molecular formula is C17H28ClIN4O. The zero-order chi connectivity index (χ0) is 16.5. The normalized spacial score (nSPS) is 16.0. The van der Waals surface area contributed by atoms with Crippen molar-refractivity contribution in [3.05, 3.63) is 34.9 Å². The number of nitrogens with zero attached hydrogens (tertiary/aromatic N) is 2. The lowest BCUT2D eigenvalue weighted by molar-refractivity contribution is 0.0180. The lowest BCUT2D eigenvalue weighted by Gasteiger charge is -2.34. The summed E-state index contributed by atoms with van der Waals surface area (Å²) in [5.74, 6) is 0.857. The third-order valence-corrected chi connectivity index (χ3v) is 4.07. The van der Waals surface area contributed by atoms with E-state index in [4.69, 9.17) is 21.3 Å². The summed E-state index contributed by atoms with van der Waals surface area (Å²) in [4.78, 5) is 7.18. The van der Waals surface area contributed by atoms with Crippen LogP contribution in [0.3, 0.4) is 0 Å². The van der Waals surface area contributed by atoms with E-state index in [9.17, 15) is 0 Å². The summed E-state index contributed by atoms with van der Waals surface area (Å²) in [6.45, 7) is 9.93. The van der Waals surface area contributed by atoms with E-state index in [1.807, 2.05) is 18.2 Å². The van der Waals surface area contributed by atoms with Gasteiger partial charge in [-0.3, -0.25) is 9.89 Å². The average molecular weight is 467 g/mol. The summed E-state index contributed by atoms with van der Waals surface area (Å²) in [7, 11) is 0. The number of ether oxygens (including phenoxy) is 1. The first-order chi connectivity index (χ1) is 11.2. The van der Waals surface area contributed by atoms with Crippen molar-refractivity contribution in [2.75, 3.05) is 45.9 Å². The first-order valence-electron chi connectivity index (χ1n) is 8.34. The Balaban J connectivity index is 0.00000288. The molecule has 1 aromatic rings. The first kappa shape index (κ1) is 21.5. The van der Waals surface area contributed by atoms with Crippen molar-refractivity contribution >= 4 is 41.5 Å². The Morgan fingerprint density at radius 2 is 1.92 bits per heavy atom. The number of guanidine groups is 1. The number of hydrogen-bond acceptors (Lipinski definition) is 3. The number of rotatable bonds is 6. The summed E-state index contributed by atoms with van der Waals surface area (Å²) < 4.78 is 5.48. The molecule has 1 fully saturated rings. The number of nitrogens with one attached hydrogen (secondary N) is 2. The molecular weight excluding hydrogens is 439 g/mol. The average Bonchev–Trinajstić information content (AvgIpc) is 2.56. The molecule has 0 saturated carbocycles. The minimum Gasteiger partial charge on any atom is -0.379 e. The van der Waals surface area contributed by atoms with Gasteiger partial charge in [0.2, 0.25) is 0 Å². The Morgan fingerprint density at radius 1 is 1.25 bits per heavy atom. The fraction of sp³-hybridized carbons (Fsp3) is 0.588. The maximum Gasteiger partial charge on any atom is 0.191 e. The van der Waals surface area contributed by atoms with Crippen molar-refractivity contribution in [3.8, 4) is 0 Å². The van der Waals surface area contributed by atoms with Gasteiger partial charge in [0.1, 0.15) is 0 Å². The molecule has 1 aliphatic rings. The van der Waals surface area contributed by atoms with Crippen molar-refractivity contribution in [2.24, 2.45) is 4.99 Å². The van der Waals surface area contributed by atoms with Gasteiger partial charge < -0.3 is 15.4 Å². The number of morpholine rings is 1. The number of aliphatic imine (C=N–C) groups is 1. The predicted molar refractivity (Wildman–Crippen MR) is 112 cm³/mol. The SMILES string of the molecule is CCNC(=NCC(c1cccc(Cl)c1)N1CCOCC1)NCC.I. The maximum atomic E-state index is 6.19. The molecule has 0 aromatic heterocycles. The van der Waals surface area contributed by atoms with Crippen LogP contribution in [0.5, 0.6) is 0 Å². The van der Waals surface area contributed by atoms with Crippen LogP contribution in [0.4, 0.5) is 0 Å². The molecule has 136 valence electrons. The molecule has 1 saturated heterocycles. The van der Waals surface area contributed by atoms with Crippen LogP contribution in [0, 0.1) is 0 Å². The third-order valence-electron chi connectivity index (χ3n) is 3.83. The quantitative estimate of drug-likeness (QED) is 0.384. The van der Waals surface area contributed by atoms with Crippen molar-refractivity contribution in [2.45, 2.75) is 19.9 Å². The van der Waals surface area contributed by atoms with E-state index in [1.165, 1.54) is 5.56 Å². The van der Waals surface area contributed by atoms with Gasteiger partial charge in [-0.1, -0.05) is 23.7 Å². The molecule has 7 heteroatoms. The zero-order valence-electron chi connectivity index (χ0n) is 14.4. The van der Waals surface area contributed by atoms with Gasteiger partial charge in [0.15, 0.2) is 5.96 Å². The Kier molecular flexibility index (Phi) is 10.6. The molecule has 1 unspecified atom stereocenters. The Morgan fingerprint density at radius 3 is 2.50 bits per heavy atom. The fourth-order valence-corrected chi connectivity index (χ4v) is 2.92. The number of benzene rings is 1. The van der Waals surface area contributed by atoms with E-state index < -0.39 is 0 Å². The molecule has 24 heavy (non-hydrogen) atoms.